The van der Waals surface area contributed by atoms with Gasteiger partial charge in [-0.3, -0.25) is 4.79 Å². The molecule has 1 amide bonds. The molecule has 1 heterocycles. The molecule has 6 heteroatoms. The minimum absolute atomic E-state index is 0.234. The van der Waals surface area contributed by atoms with E-state index in [1.54, 1.807) is 30.5 Å². The van der Waals surface area contributed by atoms with Gasteiger partial charge in [0.25, 0.3) is 5.91 Å². The molecule has 3 rings (SSSR count). The molecule has 0 atom stereocenters. The van der Waals surface area contributed by atoms with Crippen LogP contribution in [0.25, 0.3) is 0 Å². The molecule has 120 valence electrons. The van der Waals surface area contributed by atoms with E-state index >= 15 is 0 Å². The highest BCUT2D eigenvalue weighted by molar-refractivity contribution is 6.30. The molecule has 4 nitrogen and oxygen atoms in total. The molecular weight excluding hydrogens is 329 g/mol. The molecule has 0 saturated carbocycles. The Labute approximate surface area is 143 Å². The van der Waals surface area contributed by atoms with Gasteiger partial charge in [0.2, 0.25) is 0 Å². The molecule has 0 bridgehead atoms. The summed E-state index contributed by atoms with van der Waals surface area (Å²) < 4.78 is 13.1. The zero-order chi connectivity index (χ0) is 16.9. The fourth-order valence-electron chi connectivity index (χ4n) is 2.09. The van der Waals surface area contributed by atoms with E-state index in [0.29, 0.717) is 10.8 Å². The third-order valence-corrected chi connectivity index (χ3v) is 3.44. The molecule has 0 aliphatic rings. The van der Waals surface area contributed by atoms with E-state index in [9.17, 15) is 9.18 Å². The molecule has 24 heavy (non-hydrogen) atoms. The number of carbonyl (C=O) groups excluding carboxylic acids is 1. The van der Waals surface area contributed by atoms with Gasteiger partial charge in [-0.25, -0.2) is 9.37 Å². The van der Waals surface area contributed by atoms with Crippen LogP contribution in [0.15, 0.2) is 66.9 Å². The van der Waals surface area contributed by atoms with Gasteiger partial charge in [0.05, 0.1) is 11.9 Å². The van der Waals surface area contributed by atoms with Crippen molar-refractivity contribution in [2.45, 2.75) is 0 Å². The second-order valence-corrected chi connectivity index (χ2v) is 5.47. The number of anilines is 3. The summed E-state index contributed by atoms with van der Waals surface area (Å²) in [6.45, 7) is 0. The van der Waals surface area contributed by atoms with E-state index in [2.05, 4.69) is 15.6 Å². The van der Waals surface area contributed by atoms with E-state index in [1.165, 1.54) is 24.3 Å². The highest BCUT2D eigenvalue weighted by Gasteiger charge is 2.07. The Morgan fingerprint density at radius 3 is 2.54 bits per heavy atom. The van der Waals surface area contributed by atoms with Crippen LogP contribution in [0.1, 0.15) is 10.4 Å². The first-order valence-electron chi connectivity index (χ1n) is 7.16. The van der Waals surface area contributed by atoms with Crippen molar-refractivity contribution >= 4 is 34.7 Å². The zero-order valence-electron chi connectivity index (χ0n) is 12.5. The number of hydrogen-bond acceptors (Lipinski definition) is 3. The monoisotopic (exact) mass is 341 g/mol. The quantitative estimate of drug-likeness (QED) is 0.711. The lowest BCUT2D eigenvalue weighted by molar-refractivity contribution is 0.102. The zero-order valence-corrected chi connectivity index (χ0v) is 13.2. The van der Waals surface area contributed by atoms with Crippen molar-refractivity contribution in [3.05, 3.63) is 83.3 Å². The Kier molecular flexibility index (Phi) is 4.72. The fraction of sp³-hybridized carbons (Fsp3) is 0. The predicted octanol–water partition coefficient (Wildman–Crippen LogP) is 4.87. The molecule has 0 aliphatic heterocycles. The second kappa shape index (κ2) is 7.10. The van der Waals surface area contributed by atoms with Gasteiger partial charge < -0.3 is 10.6 Å². The van der Waals surface area contributed by atoms with E-state index in [4.69, 9.17) is 11.6 Å². The number of pyridine rings is 1. The molecule has 0 spiro atoms. The largest absolute Gasteiger partial charge is 0.354 e. The van der Waals surface area contributed by atoms with Crippen LogP contribution < -0.4 is 10.6 Å². The van der Waals surface area contributed by atoms with Crippen molar-refractivity contribution in [2.75, 3.05) is 10.6 Å². The normalized spacial score (nSPS) is 10.2. The molecule has 3 aromatic rings. The number of hydrogen-bond donors (Lipinski definition) is 2. The summed E-state index contributed by atoms with van der Waals surface area (Å²) in [4.78, 5) is 16.2. The average molecular weight is 342 g/mol. The minimum atomic E-state index is -0.461. The molecular formula is C18H13ClFN3O. The lowest BCUT2D eigenvalue weighted by atomic mass is 10.2. The Balaban J connectivity index is 1.67. The van der Waals surface area contributed by atoms with Crippen LogP contribution in [0.2, 0.25) is 5.02 Å². The first-order chi connectivity index (χ1) is 11.6. The molecule has 0 unspecified atom stereocenters. The van der Waals surface area contributed by atoms with E-state index in [0.717, 1.165) is 11.4 Å². The molecule has 0 aliphatic carbocycles. The SMILES string of the molecule is O=C(Nc1ccc(Nc2cccc(Cl)c2)cn1)c1cccc(F)c1. The van der Waals surface area contributed by atoms with Crippen LogP contribution in [0, 0.1) is 5.82 Å². The number of nitrogens with zero attached hydrogens (tertiary/aromatic N) is 1. The van der Waals surface area contributed by atoms with Crippen LogP contribution in [0.3, 0.4) is 0 Å². The first kappa shape index (κ1) is 16.0. The van der Waals surface area contributed by atoms with Crippen molar-refractivity contribution < 1.29 is 9.18 Å². The highest BCUT2D eigenvalue weighted by Crippen LogP contribution is 2.20. The summed E-state index contributed by atoms with van der Waals surface area (Å²) in [7, 11) is 0. The fourth-order valence-corrected chi connectivity index (χ4v) is 2.28. The van der Waals surface area contributed by atoms with Crippen LogP contribution in [-0.2, 0) is 0 Å². The van der Waals surface area contributed by atoms with E-state index < -0.39 is 11.7 Å². The van der Waals surface area contributed by atoms with Gasteiger partial charge >= 0.3 is 0 Å². The van der Waals surface area contributed by atoms with Crippen molar-refractivity contribution in [1.82, 2.24) is 4.98 Å². The number of benzene rings is 2. The Bertz CT molecular complexity index is 868. The van der Waals surface area contributed by atoms with Crippen LogP contribution in [0.4, 0.5) is 21.6 Å². The maximum atomic E-state index is 13.1. The number of halogens is 2. The standard InChI is InChI=1S/C18H13ClFN3O/c19-13-4-2-6-15(10-13)22-16-7-8-17(21-11-16)23-18(24)12-3-1-5-14(20)9-12/h1-11,22H,(H,21,23,24). The van der Waals surface area contributed by atoms with Crippen LogP contribution in [0.5, 0.6) is 0 Å². The maximum Gasteiger partial charge on any atom is 0.256 e. The van der Waals surface area contributed by atoms with Crippen LogP contribution >= 0.6 is 11.6 Å². The third kappa shape index (κ3) is 4.08. The molecule has 1 aromatic heterocycles. The van der Waals surface area contributed by atoms with Crippen LogP contribution in [-0.4, -0.2) is 10.9 Å². The van der Waals surface area contributed by atoms with Gasteiger partial charge in [-0.2, -0.15) is 0 Å². The lowest BCUT2D eigenvalue weighted by Crippen LogP contribution is -2.13. The summed E-state index contributed by atoms with van der Waals surface area (Å²) in [5, 5.41) is 6.41. The number of amides is 1. The van der Waals surface area contributed by atoms with Crippen molar-refractivity contribution in [3.63, 3.8) is 0 Å². The lowest BCUT2D eigenvalue weighted by Gasteiger charge is -2.08. The van der Waals surface area contributed by atoms with Gasteiger partial charge in [0, 0.05) is 16.3 Å². The van der Waals surface area contributed by atoms with Gasteiger partial charge in [-0.1, -0.05) is 23.7 Å². The van der Waals surface area contributed by atoms with Gasteiger partial charge in [-0.15, -0.1) is 0 Å². The second-order valence-electron chi connectivity index (χ2n) is 5.03. The highest BCUT2D eigenvalue weighted by atomic mass is 35.5. The Hall–Kier alpha value is -2.92. The molecule has 2 N–H and O–H groups in total. The summed E-state index contributed by atoms with van der Waals surface area (Å²) in [6.07, 6.45) is 1.59. The summed E-state index contributed by atoms with van der Waals surface area (Å²) >= 11 is 5.93. The Morgan fingerprint density at radius 2 is 1.83 bits per heavy atom. The minimum Gasteiger partial charge on any atom is -0.354 e. The van der Waals surface area contributed by atoms with E-state index in [-0.39, 0.29) is 5.56 Å². The summed E-state index contributed by atoms with van der Waals surface area (Å²) in [5.74, 6) is -0.505. The summed E-state index contributed by atoms with van der Waals surface area (Å²) in [5.41, 5.74) is 1.82. The third-order valence-electron chi connectivity index (χ3n) is 3.21. The van der Waals surface area contributed by atoms with Gasteiger partial charge in [-0.05, 0) is 48.5 Å². The Morgan fingerprint density at radius 1 is 1.00 bits per heavy atom. The van der Waals surface area contributed by atoms with E-state index in [1.807, 2.05) is 12.1 Å². The molecule has 0 fully saturated rings. The summed E-state index contributed by atoms with van der Waals surface area (Å²) in [6, 6.07) is 16.2. The first-order valence-corrected chi connectivity index (χ1v) is 7.53. The average Bonchev–Trinajstić information content (AvgIpc) is 2.57. The smallest absolute Gasteiger partial charge is 0.256 e. The molecule has 2 aromatic carbocycles. The van der Waals surface area contributed by atoms with Gasteiger partial charge in [0.1, 0.15) is 11.6 Å². The molecule has 0 saturated heterocycles. The number of rotatable bonds is 4. The number of carbonyl (C=O) groups is 1. The topological polar surface area (TPSA) is 54.0 Å². The predicted molar refractivity (Wildman–Crippen MR) is 93.3 cm³/mol. The number of aromatic nitrogens is 1. The molecule has 0 radical (unpaired) electrons. The maximum absolute atomic E-state index is 13.1. The van der Waals surface area contributed by atoms with Gasteiger partial charge in [0.15, 0.2) is 0 Å². The van der Waals surface area contributed by atoms with Crippen molar-refractivity contribution in [3.8, 4) is 0 Å². The van der Waals surface area contributed by atoms with Crippen molar-refractivity contribution in [2.24, 2.45) is 0 Å². The van der Waals surface area contributed by atoms with Crippen molar-refractivity contribution in [1.29, 1.82) is 0 Å². The number of nitrogens with one attached hydrogen (secondary N) is 2.